The first-order valence-corrected chi connectivity index (χ1v) is 15.6. The first-order chi connectivity index (χ1) is 20.8. The molecule has 228 valence electrons. The van der Waals surface area contributed by atoms with E-state index in [1.807, 2.05) is 24.3 Å². The van der Waals surface area contributed by atoms with Gasteiger partial charge in [0.1, 0.15) is 25.0 Å². The molecular formula is C33H37BrN2O7. The summed E-state index contributed by atoms with van der Waals surface area (Å²) in [6, 6.07) is 14.5. The first-order valence-electron chi connectivity index (χ1n) is 14.7. The molecule has 1 fully saturated rings. The van der Waals surface area contributed by atoms with Crippen molar-refractivity contribution in [1.29, 1.82) is 0 Å². The number of aryl methyl sites for hydroxylation is 2. The molecule has 1 aromatic heterocycles. The highest BCUT2D eigenvalue weighted by Crippen LogP contribution is 2.31. The third kappa shape index (κ3) is 8.64. The van der Waals surface area contributed by atoms with Crippen LogP contribution in [0.3, 0.4) is 0 Å². The number of carbonyl (C=O) groups excluding carboxylic acids is 2. The van der Waals surface area contributed by atoms with Gasteiger partial charge in [-0.1, -0.05) is 66.9 Å². The number of H-pyrrole nitrogens is 1. The van der Waals surface area contributed by atoms with Gasteiger partial charge in [-0.25, -0.2) is 14.4 Å². The van der Waals surface area contributed by atoms with Crippen LogP contribution >= 0.6 is 15.9 Å². The number of esters is 2. The number of aromatic nitrogens is 2. The van der Waals surface area contributed by atoms with E-state index in [9.17, 15) is 19.2 Å². The zero-order valence-corrected chi connectivity index (χ0v) is 26.0. The van der Waals surface area contributed by atoms with Crippen LogP contribution in [0.2, 0.25) is 0 Å². The second-order valence-electron chi connectivity index (χ2n) is 10.6. The molecule has 0 bridgehead atoms. The first kappa shape index (κ1) is 32.2. The molecule has 0 spiro atoms. The minimum absolute atomic E-state index is 0.109. The Morgan fingerprint density at radius 1 is 0.953 bits per heavy atom. The molecule has 9 nitrogen and oxygen atoms in total. The normalized spacial score (nSPS) is 18.2. The summed E-state index contributed by atoms with van der Waals surface area (Å²) in [5, 5.41) is 0. The van der Waals surface area contributed by atoms with Gasteiger partial charge in [0, 0.05) is 12.6 Å². The summed E-state index contributed by atoms with van der Waals surface area (Å²) in [6.07, 6.45) is 6.61. The van der Waals surface area contributed by atoms with Crippen molar-refractivity contribution in [3.8, 4) is 0 Å². The van der Waals surface area contributed by atoms with E-state index in [0.29, 0.717) is 11.1 Å². The summed E-state index contributed by atoms with van der Waals surface area (Å²) in [4.78, 5) is 54.6. The van der Waals surface area contributed by atoms with Gasteiger partial charge in [0.25, 0.3) is 5.56 Å². The molecule has 1 N–H and O–H groups in total. The number of ether oxygens (including phenoxy) is 3. The Morgan fingerprint density at radius 3 is 2.09 bits per heavy atom. The summed E-state index contributed by atoms with van der Waals surface area (Å²) >= 11 is 3.14. The number of nitrogens with zero attached hydrogens (tertiary/aromatic N) is 1. The van der Waals surface area contributed by atoms with Crippen LogP contribution in [0, 0.1) is 0 Å². The molecule has 0 saturated carbocycles. The Balaban J connectivity index is 1.51. The van der Waals surface area contributed by atoms with Crippen molar-refractivity contribution >= 4 is 33.9 Å². The highest BCUT2D eigenvalue weighted by Gasteiger charge is 2.40. The Kier molecular flexibility index (Phi) is 11.7. The molecule has 2 aromatic carbocycles. The SMILES string of the molecule is CCCCc1ccc(C(=O)OC[C@H]2O[C@@H](n3cc(/C=C/Br)c(=O)[nH]c3=O)C[C@@H]2OC(=O)c2ccc(CCCC)cc2)cc1. The Hall–Kier alpha value is -3.76. The van der Waals surface area contributed by atoms with Crippen LogP contribution in [0.5, 0.6) is 0 Å². The summed E-state index contributed by atoms with van der Waals surface area (Å²) < 4.78 is 18.8. The van der Waals surface area contributed by atoms with Gasteiger partial charge < -0.3 is 14.2 Å². The molecule has 1 saturated heterocycles. The standard InChI is InChI=1S/C33H37BrN2O7/c1-3-5-7-22-9-13-24(14-10-22)31(38)41-21-28-27(43-32(39)25-15-11-23(12-16-25)8-6-4-2)19-29(42-28)36-20-26(17-18-34)30(37)35-33(36)40/h9-18,20,27-29H,3-8,19,21H2,1-2H3,(H,35,37,40)/b18-17+/t27-,28+,29+/m0/s1. The number of hydrogen-bond donors (Lipinski definition) is 1. The zero-order valence-electron chi connectivity index (χ0n) is 24.4. The quantitative estimate of drug-likeness (QED) is 0.227. The molecule has 0 radical (unpaired) electrons. The average Bonchev–Trinajstić information content (AvgIpc) is 3.41. The monoisotopic (exact) mass is 652 g/mol. The summed E-state index contributed by atoms with van der Waals surface area (Å²) in [5.74, 6) is -1.08. The van der Waals surface area contributed by atoms with Crippen LogP contribution in [-0.4, -0.2) is 40.3 Å². The minimum atomic E-state index is -0.873. The number of rotatable bonds is 13. The lowest BCUT2D eigenvalue weighted by molar-refractivity contribution is -0.0582. The minimum Gasteiger partial charge on any atom is -0.459 e. The van der Waals surface area contributed by atoms with Gasteiger partial charge in [-0.3, -0.25) is 14.3 Å². The van der Waals surface area contributed by atoms with E-state index in [0.717, 1.165) is 49.7 Å². The van der Waals surface area contributed by atoms with Crippen LogP contribution < -0.4 is 11.2 Å². The molecule has 3 aromatic rings. The van der Waals surface area contributed by atoms with E-state index < -0.39 is 41.6 Å². The van der Waals surface area contributed by atoms with Crippen molar-refractivity contribution in [2.75, 3.05) is 6.61 Å². The van der Waals surface area contributed by atoms with Gasteiger partial charge in [0.2, 0.25) is 0 Å². The molecule has 2 heterocycles. The molecular weight excluding hydrogens is 616 g/mol. The molecule has 0 amide bonds. The summed E-state index contributed by atoms with van der Waals surface area (Å²) in [6.45, 7) is 4.05. The van der Waals surface area contributed by atoms with Crippen molar-refractivity contribution in [2.45, 2.75) is 77.2 Å². The molecule has 3 atom stereocenters. The second-order valence-corrected chi connectivity index (χ2v) is 11.1. The van der Waals surface area contributed by atoms with Crippen molar-refractivity contribution in [1.82, 2.24) is 9.55 Å². The van der Waals surface area contributed by atoms with Gasteiger partial charge in [0.15, 0.2) is 0 Å². The van der Waals surface area contributed by atoms with Crippen LogP contribution in [0.1, 0.15) is 89.6 Å². The molecule has 4 rings (SSSR count). The van der Waals surface area contributed by atoms with Gasteiger partial charge in [-0.2, -0.15) is 0 Å². The number of nitrogens with one attached hydrogen (secondary N) is 1. The van der Waals surface area contributed by atoms with Gasteiger partial charge in [0.05, 0.1) is 16.7 Å². The maximum atomic E-state index is 13.1. The Bertz CT molecular complexity index is 1530. The van der Waals surface area contributed by atoms with E-state index in [2.05, 4.69) is 34.8 Å². The lowest BCUT2D eigenvalue weighted by atomic mass is 10.1. The van der Waals surface area contributed by atoms with Crippen molar-refractivity contribution < 1.29 is 23.8 Å². The maximum Gasteiger partial charge on any atom is 0.338 e. The average molecular weight is 654 g/mol. The lowest BCUT2D eigenvalue weighted by Crippen LogP contribution is -2.33. The molecule has 43 heavy (non-hydrogen) atoms. The highest BCUT2D eigenvalue weighted by atomic mass is 79.9. The summed E-state index contributed by atoms with van der Waals surface area (Å²) in [5.41, 5.74) is 2.07. The van der Waals surface area contributed by atoms with Crippen LogP contribution in [0.4, 0.5) is 0 Å². The number of benzene rings is 2. The van der Waals surface area contributed by atoms with E-state index in [1.54, 1.807) is 24.3 Å². The second kappa shape index (κ2) is 15.6. The van der Waals surface area contributed by atoms with Gasteiger partial charge in [-0.15, -0.1) is 0 Å². The number of aromatic amines is 1. The smallest absolute Gasteiger partial charge is 0.338 e. The van der Waals surface area contributed by atoms with Crippen molar-refractivity contribution in [2.24, 2.45) is 0 Å². The number of carbonyl (C=O) groups is 2. The zero-order chi connectivity index (χ0) is 30.8. The number of hydrogen-bond acceptors (Lipinski definition) is 7. The van der Waals surface area contributed by atoms with E-state index >= 15 is 0 Å². The van der Waals surface area contributed by atoms with E-state index in [1.165, 1.54) is 21.8 Å². The third-order valence-corrected chi connectivity index (χ3v) is 7.65. The van der Waals surface area contributed by atoms with Crippen LogP contribution in [-0.2, 0) is 27.1 Å². The molecule has 0 unspecified atom stereocenters. The predicted octanol–water partition coefficient (Wildman–Crippen LogP) is 5.96. The van der Waals surface area contributed by atoms with Gasteiger partial charge in [-0.05, 0) is 72.1 Å². The fourth-order valence-corrected chi connectivity index (χ4v) is 5.15. The number of unbranched alkanes of at least 4 members (excludes halogenated alkanes) is 2. The van der Waals surface area contributed by atoms with E-state index in [-0.39, 0.29) is 18.6 Å². The lowest BCUT2D eigenvalue weighted by Gasteiger charge is -2.19. The largest absolute Gasteiger partial charge is 0.459 e. The Labute approximate surface area is 259 Å². The number of halogens is 1. The van der Waals surface area contributed by atoms with Gasteiger partial charge >= 0.3 is 17.6 Å². The van der Waals surface area contributed by atoms with Crippen LogP contribution in [0.25, 0.3) is 6.08 Å². The van der Waals surface area contributed by atoms with E-state index in [4.69, 9.17) is 14.2 Å². The van der Waals surface area contributed by atoms with Crippen molar-refractivity contribution in [3.63, 3.8) is 0 Å². The third-order valence-electron chi connectivity index (χ3n) is 7.38. The fourth-order valence-electron chi connectivity index (χ4n) is 4.87. The van der Waals surface area contributed by atoms with Crippen molar-refractivity contribution in [3.05, 3.63) is 108 Å². The topological polar surface area (TPSA) is 117 Å². The Morgan fingerprint density at radius 2 is 1.53 bits per heavy atom. The molecule has 1 aliphatic heterocycles. The predicted molar refractivity (Wildman–Crippen MR) is 167 cm³/mol. The summed E-state index contributed by atoms with van der Waals surface area (Å²) in [7, 11) is 0. The molecule has 0 aliphatic carbocycles. The maximum absolute atomic E-state index is 13.1. The molecule has 1 aliphatic rings. The van der Waals surface area contributed by atoms with Crippen LogP contribution in [0.15, 0.2) is 69.3 Å². The highest BCUT2D eigenvalue weighted by molar-refractivity contribution is 9.11. The molecule has 10 heteroatoms. The fraction of sp³-hybridized carbons (Fsp3) is 0.394.